The molecule has 0 aromatic heterocycles. The Balaban J connectivity index is 2.12. The van der Waals surface area contributed by atoms with Crippen molar-refractivity contribution in [2.75, 3.05) is 27.2 Å². The van der Waals surface area contributed by atoms with Crippen LogP contribution in [0.1, 0.15) is 18.4 Å². The van der Waals surface area contributed by atoms with Crippen LogP contribution in [0.4, 0.5) is 0 Å². The van der Waals surface area contributed by atoms with Crippen LogP contribution in [-0.4, -0.2) is 37.7 Å². The minimum atomic E-state index is 0.161. The average molecular weight is 234 g/mol. The molecular weight excluding hydrogens is 212 g/mol. The van der Waals surface area contributed by atoms with Crippen molar-refractivity contribution in [1.29, 1.82) is 0 Å². The van der Waals surface area contributed by atoms with E-state index in [1.807, 2.05) is 12.1 Å². The average Bonchev–Trinajstić information content (AvgIpc) is 2.72. The number of nitrogens with zero attached hydrogens (tertiary/aromatic N) is 1. The third kappa shape index (κ3) is 2.45. The van der Waals surface area contributed by atoms with Gasteiger partial charge >= 0.3 is 0 Å². The van der Waals surface area contributed by atoms with E-state index in [0.29, 0.717) is 0 Å². The normalized spacial score (nSPS) is 25.1. The molecule has 0 radical (unpaired) electrons. The summed E-state index contributed by atoms with van der Waals surface area (Å²) in [4.78, 5) is 2.41. The van der Waals surface area contributed by atoms with Crippen LogP contribution in [0.15, 0.2) is 24.3 Å². The number of nitrogens with two attached hydrogens (primary N) is 1. The van der Waals surface area contributed by atoms with E-state index in [1.165, 1.54) is 18.4 Å². The van der Waals surface area contributed by atoms with Crippen LogP contribution in [0.2, 0.25) is 0 Å². The lowest BCUT2D eigenvalue weighted by Gasteiger charge is -2.35. The molecule has 17 heavy (non-hydrogen) atoms. The molecule has 0 spiro atoms. The molecular formula is C14H22N2O. The molecule has 0 bridgehead atoms. The second-order valence-corrected chi connectivity index (χ2v) is 4.98. The first-order valence-electron chi connectivity index (χ1n) is 6.24. The molecule has 3 heteroatoms. The molecule has 0 saturated carbocycles. The molecule has 1 aromatic rings. The van der Waals surface area contributed by atoms with Crippen molar-refractivity contribution in [1.82, 2.24) is 4.90 Å². The van der Waals surface area contributed by atoms with Gasteiger partial charge in [0.1, 0.15) is 5.75 Å². The van der Waals surface area contributed by atoms with Gasteiger partial charge in [-0.3, -0.25) is 4.90 Å². The topological polar surface area (TPSA) is 38.5 Å². The summed E-state index contributed by atoms with van der Waals surface area (Å²) in [5, 5.41) is 0. The van der Waals surface area contributed by atoms with Gasteiger partial charge in [-0.15, -0.1) is 0 Å². The molecule has 2 N–H and O–H groups in total. The number of likely N-dealkylation sites (tertiary alicyclic amines) is 1. The minimum absolute atomic E-state index is 0.161. The number of likely N-dealkylation sites (N-methyl/N-ethyl adjacent to an activating group) is 1. The summed E-state index contributed by atoms with van der Waals surface area (Å²) in [6.45, 7) is 1.89. The van der Waals surface area contributed by atoms with Crippen LogP contribution in [0.5, 0.6) is 5.75 Å². The second kappa shape index (κ2) is 5.07. The molecule has 1 unspecified atom stereocenters. The number of ether oxygens (including phenoxy) is 1. The zero-order valence-corrected chi connectivity index (χ0v) is 10.8. The van der Waals surface area contributed by atoms with Crippen molar-refractivity contribution >= 4 is 0 Å². The lowest BCUT2D eigenvalue weighted by Crippen LogP contribution is -2.49. The van der Waals surface area contributed by atoms with Gasteiger partial charge in [0.15, 0.2) is 0 Å². The van der Waals surface area contributed by atoms with Crippen molar-refractivity contribution in [2.24, 2.45) is 5.73 Å². The first-order valence-corrected chi connectivity index (χ1v) is 6.24. The predicted octanol–water partition coefficient (Wildman–Crippen LogP) is 1.66. The lowest BCUT2D eigenvalue weighted by molar-refractivity contribution is 0.181. The molecule has 1 atom stereocenters. The predicted molar refractivity (Wildman–Crippen MR) is 70.3 cm³/mol. The Bertz CT molecular complexity index is 363. The van der Waals surface area contributed by atoms with Gasteiger partial charge in [0, 0.05) is 12.1 Å². The second-order valence-electron chi connectivity index (χ2n) is 4.98. The van der Waals surface area contributed by atoms with Crippen LogP contribution in [0, 0.1) is 0 Å². The van der Waals surface area contributed by atoms with Gasteiger partial charge in [0.2, 0.25) is 0 Å². The fraction of sp³-hybridized carbons (Fsp3) is 0.571. The maximum absolute atomic E-state index is 6.00. The molecule has 3 nitrogen and oxygen atoms in total. The van der Waals surface area contributed by atoms with Gasteiger partial charge in [0.05, 0.1) is 7.11 Å². The van der Waals surface area contributed by atoms with Crippen molar-refractivity contribution in [2.45, 2.75) is 24.8 Å². The summed E-state index contributed by atoms with van der Waals surface area (Å²) in [6.07, 6.45) is 3.49. The van der Waals surface area contributed by atoms with Crippen molar-refractivity contribution in [3.05, 3.63) is 29.8 Å². The van der Waals surface area contributed by atoms with Gasteiger partial charge in [-0.2, -0.15) is 0 Å². The molecule has 1 heterocycles. The highest BCUT2D eigenvalue weighted by Gasteiger charge is 2.37. The van der Waals surface area contributed by atoms with Gasteiger partial charge in [-0.05, 0) is 50.6 Å². The molecule has 1 fully saturated rings. The standard InChI is InChI=1S/C14H22N2O/c1-16-9-3-8-14(16,11-15)10-12-4-6-13(17-2)7-5-12/h4-7H,3,8-11,15H2,1-2H3. The summed E-state index contributed by atoms with van der Waals surface area (Å²) < 4.78 is 5.18. The fourth-order valence-corrected chi connectivity index (χ4v) is 2.75. The van der Waals surface area contributed by atoms with E-state index >= 15 is 0 Å². The zero-order chi connectivity index (χ0) is 12.3. The Kier molecular flexibility index (Phi) is 3.69. The van der Waals surface area contributed by atoms with E-state index in [-0.39, 0.29) is 5.54 Å². The number of hydrogen-bond acceptors (Lipinski definition) is 3. The Morgan fingerprint density at radius 1 is 1.35 bits per heavy atom. The van der Waals surface area contributed by atoms with E-state index < -0.39 is 0 Å². The van der Waals surface area contributed by atoms with Gasteiger partial charge in [-0.25, -0.2) is 0 Å². The SMILES string of the molecule is COc1ccc(CC2(CN)CCCN2C)cc1. The molecule has 0 aliphatic carbocycles. The van der Waals surface area contributed by atoms with Crippen molar-refractivity contribution < 1.29 is 4.74 Å². The lowest BCUT2D eigenvalue weighted by atomic mass is 9.88. The first kappa shape index (κ1) is 12.4. The maximum Gasteiger partial charge on any atom is 0.118 e. The largest absolute Gasteiger partial charge is 0.497 e. The van der Waals surface area contributed by atoms with Gasteiger partial charge < -0.3 is 10.5 Å². The van der Waals surface area contributed by atoms with Crippen LogP contribution < -0.4 is 10.5 Å². The molecule has 1 aliphatic heterocycles. The van der Waals surface area contributed by atoms with Crippen LogP contribution in [0.25, 0.3) is 0 Å². The Morgan fingerprint density at radius 2 is 2.06 bits per heavy atom. The number of methoxy groups -OCH3 is 1. The van der Waals surface area contributed by atoms with E-state index in [0.717, 1.165) is 25.3 Å². The molecule has 1 aliphatic rings. The molecule has 1 aromatic carbocycles. The third-order valence-corrected chi connectivity index (χ3v) is 4.02. The molecule has 2 rings (SSSR count). The summed E-state index contributed by atoms with van der Waals surface area (Å²) in [6, 6.07) is 8.33. The molecule has 1 saturated heterocycles. The minimum Gasteiger partial charge on any atom is -0.497 e. The van der Waals surface area contributed by atoms with E-state index in [4.69, 9.17) is 10.5 Å². The summed E-state index contributed by atoms with van der Waals surface area (Å²) in [7, 11) is 3.88. The smallest absolute Gasteiger partial charge is 0.118 e. The Morgan fingerprint density at radius 3 is 2.53 bits per heavy atom. The van der Waals surface area contributed by atoms with Gasteiger partial charge in [-0.1, -0.05) is 12.1 Å². The Labute approximate surface area is 104 Å². The quantitative estimate of drug-likeness (QED) is 0.861. The van der Waals surface area contributed by atoms with Gasteiger partial charge in [0.25, 0.3) is 0 Å². The number of hydrogen-bond donors (Lipinski definition) is 1. The van der Waals surface area contributed by atoms with Crippen LogP contribution >= 0.6 is 0 Å². The monoisotopic (exact) mass is 234 g/mol. The highest BCUT2D eigenvalue weighted by molar-refractivity contribution is 5.28. The van der Waals surface area contributed by atoms with E-state index in [2.05, 4.69) is 24.1 Å². The zero-order valence-electron chi connectivity index (χ0n) is 10.8. The number of rotatable bonds is 4. The summed E-state index contributed by atoms with van der Waals surface area (Å²) in [5.74, 6) is 0.912. The van der Waals surface area contributed by atoms with E-state index in [1.54, 1.807) is 7.11 Å². The third-order valence-electron chi connectivity index (χ3n) is 4.02. The number of benzene rings is 1. The Hall–Kier alpha value is -1.06. The van der Waals surface area contributed by atoms with Crippen molar-refractivity contribution in [3.63, 3.8) is 0 Å². The van der Waals surface area contributed by atoms with Crippen molar-refractivity contribution in [3.8, 4) is 5.75 Å². The molecule has 0 amide bonds. The fourth-order valence-electron chi connectivity index (χ4n) is 2.75. The first-order chi connectivity index (χ1) is 8.20. The summed E-state index contributed by atoms with van der Waals surface area (Å²) >= 11 is 0. The highest BCUT2D eigenvalue weighted by Crippen LogP contribution is 2.30. The summed E-state index contributed by atoms with van der Waals surface area (Å²) in [5.41, 5.74) is 7.50. The van der Waals surface area contributed by atoms with Crippen LogP contribution in [0.3, 0.4) is 0 Å². The molecule has 94 valence electrons. The highest BCUT2D eigenvalue weighted by atomic mass is 16.5. The van der Waals surface area contributed by atoms with E-state index in [9.17, 15) is 0 Å². The maximum atomic E-state index is 6.00. The van der Waals surface area contributed by atoms with Crippen LogP contribution in [-0.2, 0) is 6.42 Å².